The van der Waals surface area contributed by atoms with Gasteiger partial charge in [0.2, 0.25) is 5.95 Å². The molecule has 3 aromatic rings. The fourth-order valence-corrected chi connectivity index (χ4v) is 6.76. The molecule has 7 nitrogen and oxygen atoms in total. The van der Waals surface area contributed by atoms with E-state index in [0.29, 0.717) is 31.1 Å². The molecule has 2 fully saturated rings. The van der Waals surface area contributed by atoms with Crippen molar-refractivity contribution in [2.75, 3.05) is 18.5 Å². The molecule has 1 aromatic carbocycles. The van der Waals surface area contributed by atoms with Crippen LogP contribution in [0.2, 0.25) is 0 Å². The normalized spacial score (nSPS) is 22.0. The van der Waals surface area contributed by atoms with Crippen LogP contribution in [0.25, 0.3) is 17.1 Å². The number of unbranched alkanes of at least 4 members (excludes halogenated alkanes) is 3. The third-order valence-electron chi connectivity index (χ3n) is 9.27. The van der Waals surface area contributed by atoms with Crippen LogP contribution in [-0.2, 0) is 11.3 Å². The first-order valence-corrected chi connectivity index (χ1v) is 16.1. The SMILES string of the molecule is CCCCCCC(C)C1CCC(Nc2nccc(-c3cn(CC4CCCOC4)c(=O)n3-c3cccc(C)c3)n2)CC1. The molecule has 1 saturated heterocycles. The topological polar surface area (TPSA) is 74.0 Å². The maximum atomic E-state index is 13.8. The number of hydrogen-bond donors (Lipinski definition) is 1. The molecular formula is C34H49N5O2. The van der Waals surface area contributed by atoms with Gasteiger partial charge < -0.3 is 10.1 Å². The summed E-state index contributed by atoms with van der Waals surface area (Å²) >= 11 is 0. The number of ether oxygens (including phenoxy) is 1. The average Bonchev–Trinajstić information content (AvgIpc) is 3.31. The molecule has 2 aliphatic rings. The summed E-state index contributed by atoms with van der Waals surface area (Å²) in [6.45, 7) is 8.97. The predicted molar refractivity (Wildman–Crippen MR) is 167 cm³/mol. The summed E-state index contributed by atoms with van der Waals surface area (Å²) in [6, 6.07) is 10.4. The van der Waals surface area contributed by atoms with E-state index >= 15 is 0 Å². The molecule has 7 heteroatoms. The van der Waals surface area contributed by atoms with Crippen molar-refractivity contribution in [1.29, 1.82) is 0 Å². The van der Waals surface area contributed by atoms with E-state index in [9.17, 15) is 4.79 Å². The molecule has 0 amide bonds. The second kappa shape index (κ2) is 14.3. The lowest BCUT2D eigenvalue weighted by molar-refractivity contribution is 0.0480. The Balaban J connectivity index is 1.31. The Morgan fingerprint density at radius 3 is 2.71 bits per heavy atom. The second-order valence-corrected chi connectivity index (χ2v) is 12.6. The molecule has 2 atom stereocenters. The van der Waals surface area contributed by atoms with Crippen LogP contribution in [0, 0.1) is 24.7 Å². The van der Waals surface area contributed by atoms with Crippen LogP contribution in [0.5, 0.6) is 0 Å². The van der Waals surface area contributed by atoms with Gasteiger partial charge in [0.1, 0.15) is 0 Å². The molecule has 1 aliphatic heterocycles. The number of benzene rings is 1. The highest BCUT2D eigenvalue weighted by Gasteiger charge is 2.26. The van der Waals surface area contributed by atoms with Crippen LogP contribution in [0.1, 0.15) is 90.0 Å². The monoisotopic (exact) mass is 559 g/mol. The van der Waals surface area contributed by atoms with Crippen LogP contribution in [0.3, 0.4) is 0 Å². The molecule has 2 unspecified atom stereocenters. The lowest BCUT2D eigenvalue weighted by atomic mass is 9.77. The molecule has 222 valence electrons. The molecule has 5 rings (SSSR count). The lowest BCUT2D eigenvalue weighted by Crippen LogP contribution is -2.29. The molecule has 1 N–H and O–H groups in total. The van der Waals surface area contributed by atoms with Gasteiger partial charge >= 0.3 is 5.69 Å². The first kappa shape index (κ1) is 29.6. The molecule has 3 heterocycles. The van der Waals surface area contributed by atoms with Crippen LogP contribution in [0.15, 0.2) is 47.5 Å². The van der Waals surface area contributed by atoms with E-state index in [1.54, 1.807) is 4.57 Å². The summed E-state index contributed by atoms with van der Waals surface area (Å²) in [5.41, 5.74) is 3.49. The van der Waals surface area contributed by atoms with Crippen molar-refractivity contribution in [3.63, 3.8) is 0 Å². The van der Waals surface area contributed by atoms with Gasteiger partial charge in [-0.1, -0.05) is 58.1 Å². The summed E-state index contributed by atoms with van der Waals surface area (Å²) in [4.78, 5) is 23.3. The first-order valence-electron chi connectivity index (χ1n) is 16.1. The van der Waals surface area contributed by atoms with Crippen LogP contribution < -0.4 is 11.0 Å². The summed E-state index contributed by atoms with van der Waals surface area (Å²) < 4.78 is 9.34. The Morgan fingerprint density at radius 1 is 1.10 bits per heavy atom. The number of imidazole rings is 1. The van der Waals surface area contributed by atoms with Gasteiger partial charge in [-0.25, -0.2) is 14.8 Å². The van der Waals surface area contributed by atoms with Crippen LogP contribution in [0.4, 0.5) is 5.95 Å². The number of nitrogens with one attached hydrogen (secondary N) is 1. The smallest absolute Gasteiger partial charge is 0.333 e. The lowest BCUT2D eigenvalue weighted by Gasteiger charge is -2.32. The number of rotatable bonds is 12. The van der Waals surface area contributed by atoms with Gasteiger partial charge in [0.05, 0.1) is 23.7 Å². The van der Waals surface area contributed by atoms with Crippen LogP contribution in [-0.4, -0.2) is 38.4 Å². The van der Waals surface area contributed by atoms with Gasteiger partial charge in [-0.15, -0.1) is 0 Å². The quantitative estimate of drug-likeness (QED) is 0.234. The van der Waals surface area contributed by atoms with Gasteiger partial charge in [-0.3, -0.25) is 9.13 Å². The van der Waals surface area contributed by atoms with E-state index in [-0.39, 0.29) is 5.69 Å². The maximum absolute atomic E-state index is 13.8. The minimum atomic E-state index is -0.0357. The van der Waals surface area contributed by atoms with Gasteiger partial charge in [0, 0.05) is 37.5 Å². The fraction of sp³-hybridized carbons (Fsp3) is 0.618. The number of aryl methyl sites for hydroxylation is 1. The van der Waals surface area contributed by atoms with Crippen LogP contribution >= 0.6 is 0 Å². The van der Waals surface area contributed by atoms with E-state index in [1.165, 1.54) is 44.9 Å². The highest BCUT2D eigenvalue weighted by molar-refractivity contribution is 5.59. The molecule has 2 aromatic heterocycles. The summed E-state index contributed by atoms with van der Waals surface area (Å²) in [5.74, 6) is 2.64. The van der Waals surface area contributed by atoms with E-state index in [4.69, 9.17) is 9.72 Å². The Labute approximate surface area is 245 Å². The Bertz CT molecular complexity index is 1300. The summed E-state index contributed by atoms with van der Waals surface area (Å²) in [5, 5.41) is 3.63. The summed E-state index contributed by atoms with van der Waals surface area (Å²) in [6.07, 6.45) is 17.6. The van der Waals surface area contributed by atoms with E-state index in [1.807, 2.05) is 35.2 Å². The third kappa shape index (κ3) is 7.68. The third-order valence-corrected chi connectivity index (χ3v) is 9.27. The van der Waals surface area contributed by atoms with E-state index in [0.717, 1.165) is 66.8 Å². The molecule has 0 radical (unpaired) electrons. The van der Waals surface area contributed by atoms with Crippen molar-refractivity contribution in [2.24, 2.45) is 17.8 Å². The van der Waals surface area contributed by atoms with Crippen molar-refractivity contribution in [3.8, 4) is 17.1 Å². The van der Waals surface area contributed by atoms with Crippen molar-refractivity contribution in [1.82, 2.24) is 19.1 Å². The van der Waals surface area contributed by atoms with Gasteiger partial charge in [-0.2, -0.15) is 0 Å². The minimum absolute atomic E-state index is 0.0357. The minimum Gasteiger partial charge on any atom is -0.381 e. The number of anilines is 1. The summed E-state index contributed by atoms with van der Waals surface area (Å²) in [7, 11) is 0. The number of aromatic nitrogens is 4. The largest absolute Gasteiger partial charge is 0.381 e. The van der Waals surface area contributed by atoms with E-state index in [2.05, 4.69) is 43.2 Å². The zero-order valence-electron chi connectivity index (χ0n) is 25.4. The second-order valence-electron chi connectivity index (χ2n) is 12.6. The fourth-order valence-electron chi connectivity index (χ4n) is 6.76. The highest BCUT2D eigenvalue weighted by atomic mass is 16.5. The van der Waals surface area contributed by atoms with Gasteiger partial charge in [-0.05, 0) is 81.0 Å². The van der Waals surface area contributed by atoms with E-state index < -0.39 is 0 Å². The van der Waals surface area contributed by atoms with Gasteiger partial charge in [0.15, 0.2) is 0 Å². The van der Waals surface area contributed by atoms with Crippen molar-refractivity contribution >= 4 is 5.95 Å². The van der Waals surface area contributed by atoms with Crippen molar-refractivity contribution in [3.05, 3.63) is 58.8 Å². The molecular weight excluding hydrogens is 510 g/mol. The Morgan fingerprint density at radius 2 is 1.95 bits per heavy atom. The Hall–Kier alpha value is -2.93. The first-order chi connectivity index (χ1) is 20.0. The van der Waals surface area contributed by atoms with Gasteiger partial charge in [0.25, 0.3) is 0 Å². The molecule has 1 aliphatic carbocycles. The zero-order chi connectivity index (χ0) is 28.6. The standard InChI is InChI=1S/C34H49N5O2/c1-4-5-6-7-11-26(3)28-14-16-29(17-15-28)36-33-35-19-18-31(37-33)32-23-38(22-27-12-9-20-41-24-27)34(40)39(32)30-13-8-10-25(2)21-30/h8,10,13,18-19,21,23,26-29H,4-7,9,11-12,14-17,20,22,24H2,1-3H3,(H,35,36,37). The Kier molecular flexibility index (Phi) is 10.3. The maximum Gasteiger partial charge on any atom is 0.333 e. The zero-order valence-corrected chi connectivity index (χ0v) is 25.4. The molecule has 1 saturated carbocycles. The number of nitrogens with zero attached hydrogens (tertiary/aromatic N) is 4. The average molecular weight is 560 g/mol. The highest BCUT2D eigenvalue weighted by Crippen LogP contribution is 2.34. The molecule has 0 bridgehead atoms. The predicted octanol–water partition coefficient (Wildman–Crippen LogP) is 7.41. The van der Waals surface area contributed by atoms with Crippen molar-refractivity contribution in [2.45, 2.75) is 104 Å². The molecule has 41 heavy (non-hydrogen) atoms. The number of hydrogen-bond acceptors (Lipinski definition) is 5. The molecule has 0 spiro atoms. The van der Waals surface area contributed by atoms with Crippen molar-refractivity contribution < 1.29 is 4.74 Å².